The first-order valence-corrected chi connectivity index (χ1v) is 6.05. The Balaban J connectivity index is 0.00000289. The minimum Gasteiger partial charge on any atom is -0.354 e. The lowest BCUT2D eigenvalue weighted by Gasteiger charge is -2.24. The summed E-state index contributed by atoms with van der Waals surface area (Å²) in [4.78, 5) is 12.1. The summed E-state index contributed by atoms with van der Waals surface area (Å²) in [6, 6.07) is 7.39. The molecule has 0 bridgehead atoms. The van der Waals surface area contributed by atoms with E-state index in [0.29, 0.717) is 11.6 Å². The van der Waals surface area contributed by atoms with Crippen molar-refractivity contribution in [3.63, 3.8) is 0 Å². The summed E-state index contributed by atoms with van der Waals surface area (Å²) in [6.45, 7) is 5.21. The van der Waals surface area contributed by atoms with Crippen molar-refractivity contribution in [1.82, 2.24) is 10.6 Å². The molecule has 0 aliphatic carbocycles. The average Bonchev–Trinajstić information content (AvgIpc) is 2.29. The molecule has 1 aromatic carbocycles. The Morgan fingerprint density at radius 1 is 1.22 bits per heavy atom. The summed E-state index contributed by atoms with van der Waals surface area (Å²) < 4.78 is 0. The number of nitrogens with one attached hydrogen (secondary N) is 2. The Bertz CT molecular complexity index is 377. The maximum atomic E-state index is 12.1. The fourth-order valence-corrected chi connectivity index (χ4v) is 1.65. The van der Waals surface area contributed by atoms with Gasteiger partial charge < -0.3 is 10.6 Å². The first-order chi connectivity index (χ1) is 7.98. The van der Waals surface area contributed by atoms with Crippen LogP contribution in [0.3, 0.4) is 0 Å². The van der Waals surface area contributed by atoms with Gasteiger partial charge in [0, 0.05) is 18.1 Å². The van der Waals surface area contributed by atoms with Crippen LogP contribution in [0.5, 0.6) is 0 Å². The minimum atomic E-state index is -0.543. The van der Waals surface area contributed by atoms with Crippen molar-refractivity contribution in [3.05, 3.63) is 34.9 Å². The molecule has 0 spiro atoms. The molecule has 5 heteroatoms. The third kappa shape index (κ3) is 4.48. The van der Waals surface area contributed by atoms with Crippen LogP contribution in [0.15, 0.2) is 24.3 Å². The van der Waals surface area contributed by atoms with Gasteiger partial charge in [-0.3, -0.25) is 4.79 Å². The van der Waals surface area contributed by atoms with Crippen molar-refractivity contribution >= 4 is 29.9 Å². The lowest BCUT2D eigenvalue weighted by Crippen LogP contribution is -2.42. The van der Waals surface area contributed by atoms with Gasteiger partial charge in [-0.2, -0.15) is 0 Å². The van der Waals surface area contributed by atoms with Gasteiger partial charge in [-0.05, 0) is 38.6 Å². The van der Waals surface area contributed by atoms with Crippen LogP contribution in [-0.4, -0.2) is 26.0 Å². The molecule has 0 radical (unpaired) electrons. The summed E-state index contributed by atoms with van der Waals surface area (Å²) >= 11 is 5.83. The van der Waals surface area contributed by atoms with Gasteiger partial charge in [-0.15, -0.1) is 12.4 Å². The van der Waals surface area contributed by atoms with Gasteiger partial charge in [-0.25, -0.2) is 0 Å². The fourth-order valence-electron chi connectivity index (χ4n) is 1.52. The van der Waals surface area contributed by atoms with Gasteiger partial charge in [0.2, 0.25) is 5.91 Å². The number of benzene rings is 1. The standard InChI is InChI=1S/C13H19ClN2O.ClH/c1-13(2,12(17)16-9-8-15-3)10-4-6-11(14)7-5-10;/h4-7,15H,8-9H2,1-3H3,(H,16,17);1H. The van der Waals surface area contributed by atoms with E-state index >= 15 is 0 Å². The number of hydrogen-bond acceptors (Lipinski definition) is 2. The number of rotatable bonds is 5. The molecule has 0 heterocycles. The molecule has 0 aliphatic heterocycles. The van der Waals surface area contributed by atoms with E-state index in [4.69, 9.17) is 11.6 Å². The smallest absolute Gasteiger partial charge is 0.230 e. The number of likely N-dealkylation sites (N-methyl/N-ethyl adjacent to an activating group) is 1. The van der Waals surface area contributed by atoms with Gasteiger partial charge in [0.15, 0.2) is 0 Å². The van der Waals surface area contributed by atoms with E-state index in [9.17, 15) is 4.79 Å². The summed E-state index contributed by atoms with van der Waals surface area (Å²) in [5, 5.41) is 6.57. The zero-order chi connectivity index (χ0) is 12.9. The summed E-state index contributed by atoms with van der Waals surface area (Å²) in [5.74, 6) is 0.0232. The highest BCUT2D eigenvalue weighted by molar-refractivity contribution is 6.30. The third-order valence-electron chi connectivity index (χ3n) is 2.79. The van der Waals surface area contributed by atoms with Crippen molar-refractivity contribution in [3.8, 4) is 0 Å². The van der Waals surface area contributed by atoms with Crippen LogP contribution in [0.25, 0.3) is 0 Å². The molecule has 0 aliphatic rings. The highest BCUT2D eigenvalue weighted by Crippen LogP contribution is 2.24. The number of halogens is 2. The van der Waals surface area contributed by atoms with Crippen LogP contribution in [0, 0.1) is 0 Å². The number of amides is 1. The molecular weight excluding hydrogens is 271 g/mol. The molecular formula is C13H20Cl2N2O. The van der Waals surface area contributed by atoms with Crippen molar-refractivity contribution in [1.29, 1.82) is 0 Å². The SMILES string of the molecule is CNCCNC(=O)C(C)(C)c1ccc(Cl)cc1.Cl. The topological polar surface area (TPSA) is 41.1 Å². The van der Waals surface area contributed by atoms with Gasteiger partial charge in [0.05, 0.1) is 5.41 Å². The van der Waals surface area contributed by atoms with Crippen molar-refractivity contribution < 1.29 is 4.79 Å². The maximum Gasteiger partial charge on any atom is 0.230 e. The predicted molar refractivity (Wildman–Crippen MR) is 78.7 cm³/mol. The third-order valence-corrected chi connectivity index (χ3v) is 3.05. The fraction of sp³-hybridized carbons (Fsp3) is 0.462. The van der Waals surface area contributed by atoms with E-state index in [-0.39, 0.29) is 18.3 Å². The highest BCUT2D eigenvalue weighted by Gasteiger charge is 2.29. The molecule has 0 aromatic heterocycles. The number of carbonyl (C=O) groups is 1. The van der Waals surface area contributed by atoms with E-state index in [0.717, 1.165) is 12.1 Å². The van der Waals surface area contributed by atoms with Gasteiger partial charge in [0.25, 0.3) is 0 Å². The van der Waals surface area contributed by atoms with Crippen LogP contribution in [0.4, 0.5) is 0 Å². The normalized spacial score (nSPS) is 10.7. The summed E-state index contributed by atoms with van der Waals surface area (Å²) in [6.07, 6.45) is 0. The maximum absolute atomic E-state index is 12.1. The molecule has 0 unspecified atom stereocenters. The molecule has 0 saturated carbocycles. The first-order valence-electron chi connectivity index (χ1n) is 5.67. The van der Waals surface area contributed by atoms with Gasteiger partial charge >= 0.3 is 0 Å². The molecule has 0 saturated heterocycles. The zero-order valence-corrected chi connectivity index (χ0v) is 12.5. The van der Waals surface area contributed by atoms with Crippen LogP contribution < -0.4 is 10.6 Å². The molecule has 1 rings (SSSR count). The van der Waals surface area contributed by atoms with Gasteiger partial charge in [0.1, 0.15) is 0 Å². The van der Waals surface area contributed by atoms with Crippen LogP contribution in [0.1, 0.15) is 19.4 Å². The number of hydrogen-bond donors (Lipinski definition) is 2. The summed E-state index contributed by atoms with van der Waals surface area (Å²) in [7, 11) is 1.86. The zero-order valence-electron chi connectivity index (χ0n) is 10.9. The van der Waals surface area contributed by atoms with E-state index in [1.165, 1.54) is 0 Å². The molecule has 3 nitrogen and oxygen atoms in total. The second kappa shape index (κ2) is 7.62. The second-order valence-corrected chi connectivity index (χ2v) is 4.93. The average molecular weight is 291 g/mol. The van der Waals surface area contributed by atoms with Crippen molar-refractivity contribution in [2.24, 2.45) is 0 Å². The van der Waals surface area contributed by atoms with Crippen LogP contribution in [-0.2, 0) is 10.2 Å². The highest BCUT2D eigenvalue weighted by atomic mass is 35.5. The monoisotopic (exact) mass is 290 g/mol. The molecule has 0 atom stereocenters. The first kappa shape index (κ1) is 17.2. The number of carbonyl (C=O) groups excluding carboxylic acids is 1. The Morgan fingerprint density at radius 2 is 1.78 bits per heavy atom. The van der Waals surface area contributed by atoms with Crippen molar-refractivity contribution in [2.75, 3.05) is 20.1 Å². The van der Waals surface area contributed by atoms with E-state index < -0.39 is 5.41 Å². The molecule has 1 amide bonds. The second-order valence-electron chi connectivity index (χ2n) is 4.49. The van der Waals surface area contributed by atoms with Gasteiger partial charge in [-0.1, -0.05) is 23.7 Å². The van der Waals surface area contributed by atoms with Crippen molar-refractivity contribution in [2.45, 2.75) is 19.3 Å². The predicted octanol–water partition coefficient (Wildman–Crippen LogP) is 2.38. The Morgan fingerprint density at radius 3 is 2.28 bits per heavy atom. The molecule has 0 fully saturated rings. The molecule has 102 valence electrons. The Hall–Kier alpha value is -0.770. The summed E-state index contributed by atoms with van der Waals surface area (Å²) in [5.41, 5.74) is 0.419. The largest absolute Gasteiger partial charge is 0.354 e. The minimum absolute atomic E-state index is 0. The van der Waals surface area contributed by atoms with E-state index in [2.05, 4.69) is 10.6 Å². The van der Waals surface area contributed by atoms with E-state index in [1.807, 2.05) is 33.0 Å². The Kier molecular flexibility index (Phi) is 7.29. The molecule has 1 aromatic rings. The van der Waals surface area contributed by atoms with E-state index in [1.54, 1.807) is 12.1 Å². The molecule has 18 heavy (non-hydrogen) atoms. The molecule has 2 N–H and O–H groups in total. The lowest BCUT2D eigenvalue weighted by atomic mass is 9.84. The Labute approximate surface area is 120 Å². The van der Waals surface area contributed by atoms with Crippen LogP contribution >= 0.6 is 24.0 Å². The quantitative estimate of drug-likeness (QED) is 0.818. The van der Waals surface area contributed by atoms with Crippen LogP contribution in [0.2, 0.25) is 5.02 Å². The lowest BCUT2D eigenvalue weighted by molar-refractivity contribution is -0.125.